The number of nitrogens with one attached hydrogen (secondary N) is 1. The molecule has 0 saturated heterocycles. The number of hydrogen-bond donors (Lipinski definition) is 3. The lowest BCUT2D eigenvalue weighted by Gasteiger charge is -2.16. The highest BCUT2D eigenvalue weighted by molar-refractivity contribution is 9.10. The molecule has 1 rings (SSSR count). The van der Waals surface area contributed by atoms with Crippen LogP contribution in [-0.2, 0) is 0 Å². The predicted molar refractivity (Wildman–Crippen MR) is 59.1 cm³/mol. The molecule has 0 heterocycles. The Labute approximate surface area is 98.6 Å². The Balaban J connectivity index is 2.64. The first-order valence-electron chi connectivity index (χ1n) is 4.34. The third kappa shape index (κ3) is 3.57. The molecule has 0 spiro atoms. The van der Waals surface area contributed by atoms with Crippen LogP contribution in [0.25, 0.3) is 0 Å². The molecule has 0 saturated carbocycles. The third-order valence-corrected chi connectivity index (χ3v) is 2.37. The van der Waals surface area contributed by atoms with Gasteiger partial charge in [-0.25, -0.2) is 0 Å². The van der Waals surface area contributed by atoms with Crippen LogP contribution in [0.5, 0.6) is 0 Å². The molecule has 0 aliphatic rings. The summed E-state index contributed by atoms with van der Waals surface area (Å²) in [5, 5.41) is 11.2. The van der Waals surface area contributed by atoms with Gasteiger partial charge in [-0.2, -0.15) is 13.2 Å². The first kappa shape index (κ1) is 13.1. The minimum absolute atomic E-state index is 0.317. The second kappa shape index (κ2) is 4.92. The zero-order valence-corrected chi connectivity index (χ0v) is 9.64. The Kier molecular flexibility index (Phi) is 4.03. The highest BCUT2D eigenvalue weighted by Crippen LogP contribution is 2.25. The van der Waals surface area contributed by atoms with E-state index in [1.165, 1.54) is 0 Å². The van der Waals surface area contributed by atoms with Crippen LogP contribution in [0.3, 0.4) is 0 Å². The maximum atomic E-state index is 12.0. The number of halogens is 4. The molecule has 0 fully saturated rings. The van der Waals surface area contributed by atoms with E-state index in [0.717, 1.165) is 0 Å². The maximum absolute atomic E-state index is 12.0. The van der Waals surface area contributed by atoms with Gasteiger partial charge in [0.25, 0.3) is 0 Å². The van der Waals surface area contributed by atoms with Crippen LogP contribution in [0.4, 0.5) is 24.5 Å². The Morgan fingerprint density at radius 2 is 2.06 bits per heavy atom. The van der Waals surface area contributed by atoms with E-state index in [1.807, 2.05) is 0 Å². The SMILES string of the molecule is Nc1ccc(Br)cc1NCC(O)C(F)(F)F. The van der Waals surface area contributed by atoms with Crippen molar-refractivity contribution in [3.05, 3.63) is 22.7 Å². The zero-order chi connectivity index (χ0) is 12.3. The van der Waals surface area contributed by atoms with Crippen molar-refractivity contribution >= 4 is 27.3 Å². The second-order valence-electron chi connectivity index (χ2n) is 3.17. The number of alkyl halides is 3. The largest absolute Gasteiger partial charge is 0.416 e. The molecular weight excluding hydrogens is 289 g/mol. The topological polar surface area (TPSA) is 58.3 Å². The van der Waals surface area contributed by atoms with E-state index in [1.54, 1.807) is 18.2 Å². The molecule has 0 radical (unpaired) electrons. The highest BCUT2D eigenvalue weighted by Gasteiger charge is 2.37. The van der Waals surface area contributed by atoms with Gasteiger partial charge < -0.3 is 16.2 Å². The number of nitrogens with two attached hydrogens (primary N) is 1. The molecule has 1 atom stereocenters. The van der Waals surface area contributed by atoms with Crippen molar-refractivity contribution in [3.8, 4) is 0 Å². The average Bonchev–Trinajstić information content (AvgIpc) is 2.17. The number of hydrogen-bond acceptors (Lipinski definition) is 3. The predicted octanol–water partition coefficient (Wildman–Crippen LogP) is 2.37. The van der Waals surface area contributed by atoms with Gasteiger partial charge >= 0.3 is 6.18 Å². The number of benzene rings is 1. The van der Waals surface area contributed by atoms with Gasteiger partial charge in [0.1, 0.15) is 0 Å². The fraction of sp³-hybridized carbons (Fsp3) is 0.333. The quantitative estimate of drug-likeness (QED) is 0.751. The Morgan fingerprint density at radius 1 is 1.44 bits per heavy atom. The van der Waals surface area contributed by atoms with Crippen molar-refractivity contribution in [2.24, 2.45) is 0 Å². The lowest BCUT2D eigenvalue weighted by Crippen LogP contribution is -2.35. The van der Waals surface area contributed by atoms with Crippen LogP contribution < -0.4 is 11.1 Å². The molecule has 90 valence electrons. The highest BCUT2D eigenvalue weighted by atomic mass is 79.9. The van der Waals surface area contributed by atoms with E-state index in [-0.39, 0.29) is 0 Å². The summed E-state index contributed by atoms with van der Waals surface area (Å²) in [5.74, 6) is 0. The van der Waals surface area contributed by atoms with E-state index < -0.39 is 18.8 Å². The zero-order valence-electron chi connectivity index (χ0n) is 8.05. The molecule has 0 aliphatic carbocycles. The fourth-order valence-corrected chi connectivity index (χ4v) is 1.37. The minimum Gasteiger partial charge on any atom is -0.397 e. The van der Waals surface area contributed by atoms with Crippen molar-refractivity contribution in [1.29, 1.82) is 0 Å². The van der Waals surface area contributed by atoms with Crippen LogP contribution in [0, 0.1) is 0 Å². The van der Waals surface area contributed by atoms with Crippen molar-refractivity contribution in [1.82, 2.24) is 0 Å². The molecule has 1 unspecified atom stereocenters. The lowest BCUT2D eigenvalue weighted by molar-refractivity contribution is -0.198. The number of anilines is 2. The van der Waals surface area contributed by atoms with Crippen LogP contribution in [0.15, 0.2) is 22.7 Å². The van der Waals surface area contributed by atoms with Gasteiger partial charge in [0.05, 0.1) is 11.4 Å². The molecule has 0 amide bonds. The standard InChI is InChI=1S/C9H10BrF3N2O/c10-5-1-2-6(14)7(3-5)15-4-8(16)9(11,12)13/h1-3,8,15-16H,4,14H2. The third-order valence-electron chi connectivity index (χ3n) is 1.88. The van der Waals surface area contributed by atoms with Crippen LogP contribution in [0.2, 0.25) is 0 Å². The van der Waals surface area contributed by atoms with Gasteiger partial charge in [-0.1, -0.05) is 15.9 Å². The molecule has 3 nitrogen and oxygen atoms in total. The Hall–Kier alpha value is -0.950. The molecule has 0 aromatic heterocycles. The van der Waals surface area contributed by atoms with Gasteiger partial charge in [-0.15, -0.1) is 0 Å². The van der Waals surface area contributed by atoms with Gasteiger partial charge in [0, 0.05) is 11.0 Å². The molecule has 16 heavy (non-hydrogen) atoms. The van der Waals surface area contributed by atoms with Crippen molar-refractivity contribution in [2.45, 2.75) is 12.3 Å². The molecule has 0 aliphatic heterocycles. The second-order valence-corrected chi connectivity index (χ2v) is 4.09. The number of rotatable bonds is 3. The first-order valence-corrected chi connectivity index (χ1v) is 5.13. The summed E-state index contributed by atoms with van der Waals surface area (Å²) in [5.41, 5.74) is 6.20. The van der Waals surface area contributed by atoms with Gasteiger partial charge in [0.15, 0.2) is 6.10 Å². The Morgan fingerprint density at radius 3 is 2.62 bits per heavy atom. The number of aliphatic hydroxyl groups is 1. The van der Waals surface area contributed by atoms with E-state index >= 15 is 0 Å². The smallest absolute Gasteiger partial charge is 0.397 e. The molecule has 4 N–H and O–H groups in total. The molecular formula is C9H10BrF3N2O. The van der Waals surface area contributed by atoms with E-state index in [2.05, 4.69) is 21.2 Å². The van der Waals surface area contributed by atoms with E-state index in [0.29, 0.717) is 15.8 Å². The average molecular weight is 299 g/mol. The fourth-order valence-electron chi connectivity index (χ4n) is 1.00. The summed E-state index contributed by atoms with van der Waals surface area (Å²) in [6, 6.07) is 4.76. The van der Waals surface area contributed by atoms with Crippen LogP contribution >= 0.6 is 15.9 Å². The molecule has 0 bridgehead atoms. The van der Waals surface area contributed by atoms with Gasteiger partial charge in [-0.3, -0.25) is 0 Å². The van der Waals surface area contributed by atoms with E-state index in [9.17, 15) is 13.2 Å². The van der Waals surface area contributed by atoms with Gasteiger partial charge in [0.2, 0.25) is 0 Å². The van der Waals surface area contributed by atoms with Crippen molar-refractivity contribution in [3.63, 3.8) is 0 Å². The Bertz CT molecular complexity index is 370. The molecule has 1 aromatic carbocycles. The first-order chi connectivity index (χ1) is 7.30. The summed E-state index contributed by atoms with van der Waals surface area (Å²) in [6.07, 6.45) is -7.04. The minimum atomic E-state index is -4.63. The van der Waals surface area contributed by atoms with Crippen molar-refractivity contribution < 1.29 is 18.3 Å². The molecule has 1 aromatic rings. The summed E-state index contributed by atoms with van der Waals surface area (Å²) < 4.78 is 36.7. The van der Waals surface area contributed by atoms with Gasteiger partial charge in [-0.05, 0) is 18.2 Å². The normalized spacial score (nSPS) is 13.6. The van der Waals surface area contributed by atoms with Crippen LogP contribution in [0.1, 0.15) is 0 Å². The summed E-state index contributed by atoms with van der Waals surface area (Å²) >= 11 is 3.16. The van der Waals surface area contributed by atoms with Crippen LogP contribution in [-0.4, -0.2) is 23.9 Å². The maximum Gasteiger partial charge on any atom is 0.416 e. The van der Waals surface area contributed by atoms with Crippen molar-refractivity contribution in [2.75, 3.05) is 17.6 Å². The summed E-state index contributed by atoms with van der Waals surface area (Å²) in [4.78, 5) is 0. The van der Waals surface area contributed by atoms with E-state index in [4.69, 9.17) is 10.8 Å². The molecule has 7 heteroatoms. The summed E-state index contributed by atoms with van der Waals surface area (Å²) in [7, 11) is 0. The number of aliphatic hydroxyl groups excluding tert-OH is 1. The monoisotopic (exact) mass is 298 g/mol. The summed E-state index contributed by atoms with van der Waals surface area (Å²) in [6.45, 7) is -0.635. The number of nitrogen functional groups attached to an aromatic ring is 1. The lowest BCUT2D eigenvalue weighted by atomic mass is 10.2.